The van der Waals surface area contributed by atoms with E-state index in [0.717, 1.165) is 31.6 Å². The Kier molecular flexibility index (Phi) is 7.22. The van der Waals surface area contributed by atoms with Gasteiger partial charge in [-0.25, -0.2) is 14.2 Å². The van der Waals surface area contributed by atoms with Crippen molar-refractivity contribution in [1.29, 1.82) is 0 Å². The molecule has 3 heterocycles. The number of pyridine rings is 2. The fourth-order valence-corrected chi connectivity index (χ4v) is 4.30. The van der Waals surface area contributed by atoms with Gasteiger partial charge in [0.2, 0.25) is 0 Å². The summed E-state index contributed by atoms with van der Waals surface area (Å²) in [6.45, 7) is 13.3. The van der Waals surface area contributed by atoms with Crippen LogP contribution < -0.4 is 9.80 Å². The second kappa shape index (κ2) is 9.49. The summed E-state index contributed by atoms with van der Waals surface area (Å²) in [7, 11) is 3.47. The van der Waals surface area contributed by atoms with Gasteiger partial charge in [-0.15, -0.1) is 0 Å². The van der Waals surface area contributed by atoms with Crippen LogP contribution in [0.25, 0.3) is 11.1 Å². The van der Waals surface area contributed by atoms with Crippen LogP contribution in [0, 0.1) is 18.2 Å². The predicted molar refractivity (Wildman–Crippen MR) is 133 cm³/mol. The van der Waals surface area contributed by atoms with Gasteiger partial charge in [-0.2, -0.15) is 0 Å². The number of aromatic nitrogens is 2. The third-order valence-electron chi connectivity index (χ3n) is 6.23. The molecule has 0 bridgehead atoms. The van der Waals surface area contributed by atoms with Crippen molar-refractivity contribution in [3.63, 3.8) is 0 Å². The number of piperidine rings is 1. The Labute approximate surface area is 202 Å². The number of halogens is 1. The molecule has 8 heteroatoms. The van der Waals surface area contributed by atoms with E-state index in [1.807, 2.05) is 20.8 Å². The number of anilines is 2. The Balaban J connectivity index is 2.25. The van der Waals surface area contributed by atoms with E-state index in [-0.39, 0.29) is 11.2 Å². The molecule has 1 fully saturated rings. The molecular weight excluding hydrogens is 435 g/mol. The summed E-state index contributed by atoms with van der Waals surface area (Å²) in [5.74, 6) is -1.29. The number of carbonyl (C=O) groups is 1. The molecule has 2 aromatic heterocycles. The third-order valence-corrected chi connectivity index (χ3v) is 6.23. The molecule has 1 atom stereocenters. The molecule has 1 unspecified atom stereocenters. The first kappa shape index (κ1) is 25.9. The zero-order chi connectivity index (χ0) is 25.4. The first-order valence-electron chi connectivity index (χ1n) is 11.7. The number of carboxylic acids is 1. The Hall–Kier alpha value is -2.74. The number of carboxylic acid groups (broad SMARTS) is 1. The minimum atomic E-state index is -1.21. The number of nitrogens with zero attached hydrogens (tertiary/aromatic N) is 4. The highest BCUT2D eigenvalue weighted by molar-refractivity contribution is 5.86. The molecule has 0 radical (unpaired) electrons. The van der Waals surface area contributed by atoms with Gasteiger partial charge in [0.1, 0.15) is 0 Å². The van der Waals surface area contributed by atoms with Crippen molar-refractivity contribution in [1.82, 2.24) is 9.97 Å². The van der Waals surface area contributed by atoms with E-state index in [2.05, 4.69) is 28.7 Å². The average molecular weight is 473 g/mol. The molecule has 0 saturated carbocycles. The van der Waals surface area contributed by atoms with Crippen molar-refractivity contribution in [3.8, 4) is 11.1 Å². The summed E-state index contributed by atoms with van der Waals surface area (Å²) in [5.41, 5.74) is 2.55. The van der Waals surface area contributed by atoms with Crippen molar-refractivity contribution < 1.29 is 19.0 Å². The maximum Gasteiger partial charge on any atom is 0.337 e. The molecular formula is C26H37FN4O3. The fourth-order valence-electron chi connectivity index (χ4n) is 4.30. The van der Waals surface area contributed by atoms with Crippen LogP contribution >= 0.6 is 0 Å². The highest BCUT2D eigenvalue weighted by Crippen LogP contribution is 2.43. The number of ether oxygens (including phenoxy) is 1. The number of aliphatic carboxylic acids is 1. The van der Waals surface area contributed by atoms with Crippen LogP contribution in [0.15, 0.2) is 18.5 Å². The van der Waals surface area contributed by atoms with Gasteiger partial charge >= 0.3 is 5.97 Å². The van der Waals surface area contributed by atoms with Gasteiger partial charge in [-0.05, 0) is 52.0 Å². The number of aryl methyl sites for hydroxylation is 1. The molecule has 3 rings (SSSR count). The molecule has 34 heavy (non-hydrogen) atoms. The molecule has 0 aliphatic carbocycles. The van der Waals surface area contributed by atoms with E-state index in [9.17, 15) is 14.3 Å². The standard InChI is InChI=1S/C26H37FN4O3/c1-16-20(22(24(32)33)34-25(2,3)4)21(31-11-9-26(5,6)10-12-31)18(15-28-16)17-13-19(27)23(29-14-17)30(7)8/h13-15,22H,9-12H2,1-8H3,(H,32,33). The summed E-state index contributed by atoms with van der Waals surface area (Å²) >= 11 is 0. The molecule has 1 N–H and O–H groups in total. The molecule has 0 aromatic carbocycles. The molecule has 2 aromatic rings. The second-order valence-electron chi connectivity index (χ2n) is 11.0. The van der Waals surface area contributed by atoms with E-state index < -0.39 is 23.5 Å². The van der Waals surface area contributed by atoms with Gasteiger partial charge in [-0.3, -0.25) is 4.98 Å². The minimum absolute atomic E-state index is 0.202. The van der Waals surface area contributed by atoms with Crippen LogP contribution in [-0.2, 0) is 9.53 Å². The van der Waals surface area contributed by atoms with Crippen LogP contribution in [0.3, 0.4) is 0 Å². The molecule has 186 valence electrons. The summed E-state index contributed by atoms with van der Waals surface area (Å²) in [5, 5.41) is 10.2. The Morgan fingerprint density at radius 3 is 2.32 bits per heavy atom. The van der Waals surface area contributed by atoms with E-state index in [4.69, 9.17) is 4.74 Å². The number of hydrogen-bond acceptors (Lipinski definition) is 6. The smallest absolute Gasteiger partial charge is 0.337 e. The number of rotatable bonds is 6. The van der Waals surface area contributed by atoms with Crippen LogP contribution in [-0.4, -0.2) is 53.8 Å². The zero-order valence-electron chi connectivity index (χ0n) is 21.6. The minimum Gasteiger partial charge on any atom is -0.479 e. The first-order valence-corrected chi connectivity index (χ1v) is 11.7. The monoisotopic (exact) mass is 472 g/mol. The van der Waals surface area contributed by atoms with Gasteiger partial charge in [0.15, 0.2) is 17.7 Å². The lowest BCUT2D eigenvalue weighted by Crippen LogP contribution is -2.39. The molecule has 1 aliphatic rings. The van der Waals surface area contributed by atoms with Crippen LogP contribution in [0.2, 0.25) is 0 Å². The molecule has 1 aliphatic heterocycles. The quantitative estimate of drug-likeness (QED) is 0.617. The van der Waals surface area contributed by atoms with Gasteiger partial charge in [0.25, 0.3) is 0 Å². The predicted octanol–water partition coefficient (Wildman–Crippen LogP) is 5.22. The van der Waals surface area contributed by atoms with Crippen LogP contribution in [0.1, 0.15) is 64.8 Å². The van der Waals surface area contributed by atoms with Gasteiger partial charge in [-0.1, -0.05) is 13.8 Å². The molecule has 1 saturated heterocycles. The largest absolute Gasteiger partial charge is 0.479 e. The van der Waals surface area contributed by atoms with Crippen LogP contribution in [0.4, 0.5) is 15.9 Å². The molecule has 7 nitrogen and oxygen atoms in total. The second-order valence-corrected chi connectivity index (χ2v) is 11.0. The van der Waals surface area contributed by atoms with Crippen molar-refractivity contribution in [2.75, 3.05) is 37.0 Å². The Morgan fingerprint density at radius 1 is 1.21 bits per heavy atom. The van der Waals surface area contributed by atoms with E-state index in [0.29, 0.717) is 22.4 Å². The lowest BCUT2D eigenvalue weighted by Gasteiger charge is -2.41. The molecule has 0 spiro atoms. The summed E-state index contributed by atoms with van der Waals surface area (Å²) in [6, 6.07) is 1.44. The number of hydrogen-bond donors (Lipinski definition) is 1. The SMILES string of the molecule is Cc1ncc(-c2cnc(N(C)C)c(F)c2)c(N2CCC(C)(C)CC2)c1C(OC(C)(C)C)C(=O)O. The van der Waals surface area contributed by atoms with Crippen LogP contribution in [0.5, 0.6) is 0 Å². The highest BCUT2D eigenvalue weighted by atomic mass is 19.1. The summed E-state index contributed by atoms with van der Waals surface area (Å²) in [6.07, 6.45) is 4.01. The maximum atomic E-state index is 14.9. The van der Waals surface area contributed by atoms with Gasteiger partial charge in [0, 0.05) is 62.0 Å². The highest BCUT2D eigenvalue weighted by Gasteiger charge is 2.36. The Morgan fingerprint density at radius 2 is 1.82 bits per heavy atom. The average Bonchev–Trinajstić information content (AvgIpc) is 2.71. The van der Waals surface area contributed by atoms with E-state index >= 15 is 0 Å². The lowest BCUT2D eigenvalue weighted by molar-refractivity contribution is -0.160. The Bertz CT molecular complexity index is 1050. The fraction of sp³-hybridized carbons (Fsp3) is 0.577. The summed E-state index contributed by atoms with van der Waals surface area (Å²) < 4.78 is 20.9. The molecule has 0 amide bonds. The van der Waals surface area contributed by atoms with Crippen molar-refractivity contribution in [3.05, 3.63) is 35.5 Å². The zero-order valence-corrected chi connectivity index (χ0v) is 21.6. The first-order chi connectivity index (χ1) is 15.7. The lowest BCUT2D eigenvalue weighted by atomic mass is 9.82. The normalized spacial score (nSPS) is 16.9. The van der Waals surface area contributed by atoms with Gasteiger partial charge in [0.05, 0.1) is 11.3 Å². The van der Waals surface area contributed by atoms with Crippen molar-refractivity contribution in [2.24, 2.45) is 5.41 Å². The summed E-state index contributed by atoms with van der Waals surface area (Å²) in [4.78, 5) is 25.1. The van der Waals surface area contributed by atoms with Crippen molar-refractivity contribution in [2.45, 2.75) is 66.1 Å². The van der Waals surface area contributed by atoms with Gasteiger partial charge < -0.3 is 19.6 Å². The third kappa shape index (κ3) is 5.66. The maximum absolute atomic E-state index is 14.9. The van der Waals surface area contributed by atoms with E-state index in [1.165, 1.54) is 6.07 Å². The van der Waals surface area contributed by atoms with Crippen molar-refractivity contribution >= 4 is 17.5 Å². The topological polar surface area (TPSA) is 78.8 Å². The van der Waals surface area contributed by atoms with E-state index in [1.54, 1.807) is 38.3 Å².